The molecule has 0 saturated carbocycles. The molecule has 2 unspecified atom stereocenters. The van der Waals surface area contributed by atoms with Gasteiger partial charge in [0, 0.05) is 42.6 Å². The second kappa shape index (κ2) is 17.0. The van der Waals surface area contributed by atoms with Gasteiger partial charge in [-0.2, -0.15) is 0 Å². The van der Waals surface area contributed by atoms with Gasteiger partial charge in [0.2, 0.25) is 0 Å². The summed E-state index contributed by atoms with van der Waals surface area (Å²) >= 11 is 0. The van der Waals surface area contributed by atoms with Crippen LogP contribution in [0.3, 0.4) is 0 Å². The number of benzene rings is 4. The maximum atomic E-state index is 11.0. The van der Waals surface area contributed by atoms with Crippen LogP contribution in [-0.4, -0.2) is 63.7 Å². The minimum atomic E-state index is -0.831. The molecule has 0 aliphatic carbocycles. The van der Waals surface area contributed by atoms with E-state index in [1.54, 1.807) is 0 Å². The summed E-state index contributed by atoms with van der Waals surface area (Å²) in [5.74, 6) is 1.07. The Hall–Kier alpha value is -4.04. The van der Waals surface area contributed by atoms with Gasteiger partial charge >= 0.3 is 0 Å². The van der Waals surface area contributed by atoms with Crippen LogP contribution in [0.25, 0.3) is 0 Å². The third-order valence-electron chi connectivity index (χ3n) is 8.49. The molecule has 0 aromatic heterocycles. The molecule has 246 valence electrons. The Bertz CT molecular complexity index is 1460. The van der Waals surface area contributed by atoms with E-state index in [9.17, 15) is 20.4 Å². The quantitative estimate of drug-likeness (QED) is 0.0810. The van der Waals surface area contributed by atoms with E-state index in [0.717, 1.165) is 48.2 Å². The van der Waals surface area contributed by atoms with Crippen LogP contribution in [-0.2, 0) is 12.8 Å². The number of aliphatic hydroxyl groups excluding tert-OH is 1. The van der Waals surface area contributed by atoms with E-state index in [4.69, 9.17) is 4.74 Å². The number of hydrogen-bond acceptors (Lipinski definition) is 7. The Kier molecular flexibility index (Phi) is 12.9. The van der Waals surface area contributed by atoms with Gasteiger partial charge in [0.1, 0.15) is 23.0 Å². The van der Waals surface area contributed by atoms with Crippen molar-refractivity contribution in [1.29, 1.82) is 0 Å². The molecule has 0 fully saturated rings. The number of ether oxygens (including phenoxy) is 1. The van der Waals surface area contributed by atoms with Gasteiger partial charge in [0.15, 0.2) is 0 Å². The van der Waals surface area contributed by atoms with Gasteiger partial charge in [-0.15, -0.1) is 0 Å². The second-order valence-electron chi connectivity index (χ2n) is 12.6. The van der Waals surface area contributed by atoms with Crippen molar-refractivity contribution in [3.8, 4) is 23.0 Å². The van der Waals surface area contributed by atoms with Crippen molar-refractivity contribution in [3.63, 3.8) is 0 Å². The first-order valence-corrected chi connectivity index (χ1v) is 16.4. The van der Waals surface area contributed by atoms with Crippen molar-refractivity contribution < 1.29 is 25.2 Å². The predicted molar refractivity (Wildman–Crippen MR) is 185 cm³/mol. The molecule has 4 aromatic rings. The summed E-state index contributed by atoms with van der Waals surface area (Å²) in [7, 11) is 0. The highest BCUT2D eigenvalue weighted by molar-refractivity contribution is 5.44. The normalized spacial score (nSPS) is 13.0. The van der Waals surface area contributed by atoms with Crippen molar-refractivity contribution in [2.24, 2.45) is 0 Å². The average Bonchev–Trinajstić information content (AvgIpc) is 3.02. The van der Waals surface area contributed by atoms with Crippen LogP contribution in [0.15, 0.2) is 91.0 Å². The molecular weight excluding hydrogens is 576 g/mol. The molecule has 5 N–H and O–H groups in total. The van der Waals surface area contributed by atoms with Gasteiger partial charge in [-0.05, 0) is 106 Å². The van der Waals surface area contributed by atoms with Gasteiger partial charge in [-0.3, -0.25) is 4.90 Å². The van der Waals surface area contributed by atoms with E-state index in [-0.39, 0.29) is 17.4 Å². The zero-order chi connectivity index (χ0) is 33.1. The van der Waals surface area contributed by atoms with Crippen molar-refractivity contribution in [1.82, 2.24) is 10.2 Å². The molecule has 0 aliphatic rings. The lowest BCUT2D eigenvalue weighted by Gasteiger charge is -2.32. The highest BCUT2D eigenvalue weighted by Gasteiger charge is 2.22. The van der Waals surface area contributed by atoms with E-state index in [1.165, 1.54) is 23.8 Å². The number of nitrogens with zero attached hydrogens (tertiary/aromatic N) is 1. The Balaban J connectivity index is 1.29. The van der Waals surface area contributed by atoms with Crippen LogP contribution < -0.4 is 10.1 Å². The lowest BCUT2D eigenvalue weighted by Crippen LogP contribution is -2.38. The SMILES string of the molecule is CC(C)N(CCC(c1ccccc1)c1cc(CCOc2ccc(CCNCC(O)c3cc(O)cc(O)c3)cc2)ccc1O)C(C)C. The molecule has 0 amide bonds. The van der Waals surface area contributed by atoms with Crippen LogP contribution in [0.4, 0.5) is 0 Å². The summed E-state index contributed by atoms with van der Waals surface area (Å²) in [6.07, 6.45) is 1.59. The lowest BCUT2D eigenvalue weighted by molar-refractivity contribution is 0.170. The minimum absolute atomic E-state index is 0.0771. The fourth-order valence-corrected chi connectivity index (χ4v) is 6.06. The molecule has 0 aliphatic heterocycles. The highest BCUT2D eigenvalue weighted by Crippen LogP contribution is 2.35. The van der Waals surface area contributed by atoms with Crippen molar-refractivity contribution in [2.45, 2.75) is 71.1 Å². The molecule has 0 bridgehead atoms. The third kappa shape index (κ3) is 10.2. The highest BCUT2D eigenvalue weighted by atomic mass is 16.5. The van der Waals surface area contributed by atoms with Gasteiger partial charge < -0.3 is 30.5 Å². The minimum Gasteiger partial charge on any atom is -0.508 e. The standard InChI is InChI=1S/C39H50N2O5/c1-27(2)41(28(3)4)20-17-36(31-8-6-5-7-9-31)37-22-30(12-15-38(37)44)18-21-46-35-13-10-29(11-14-35)16-19-40-26-39(45)32-23-33(42)25-34(43)24-32/h5-15,22-25,27-28,36,39-40,42-45H,16-21,26H2,1-4H3. The smallest absolute Gasteiger partial charge is 0.119 e. The first-order chi connectivity index (χ1) is 22.1. The van der Waals surface area contributed by atoms with E-state index < -0.39 is 6.10 Å². The van der Waals surface area contributed by atoms with Crippen molar-refractivity contribution in [3.05, 3.63) is 119 Å². The Labute approximate surface area is 274 Å². The fraction of sp³-hybridized carbons (Fsp3) is 0.385. The number of phenolic OH excluding ortho intramolecular Hbond substituents is 3. The largest absolute Gasteiger partial charge is 0.508 e. The summed E-state index contributed by atoms with van der Waals surface area (Å²) in [6, 6.07) is 29.5. The Morgan fingerprint density at radius 1 is 0.717 bits per heavy atom. The fourth-order valence-electron chi connectivity index (χ4n) is 6.06. The van der Waals surface area contributed by atoms with E-state index >= 15 is 0 Å². The van der Waals surface area contributed by atoms with Crippen molar-refractivity contribution >= 4 is 0 Å². The number of rotatable bonds is 17. The molecule has 7 nitrogen and oxygen atoms in total. The molecule has 46 heavy (non-hydrogen) atoms. The summed E-state index contributed by atoms with van der Waals surface area (Å²) in [5, 5.41) is 43.8. The van der Waals surface area contributed by atoms with E-state index in [0.29, 0.717) is 43.1 Å². The van der Waals surface area contributed by atoms with Crippen LogP contribution >= 0.6 is 0 Å². The zero-order valence-corrected chi connectivity index (χ0v) is 27.6. The van der Waals surface area contributed by atoms with Crippen LogP contribution in [0.1, 0.15) is 74.0 Å². The second-order valence-corrected chi connectivity index (χ2v) is 12.6. The van der Waals surface area contributed by atoms with Gasteiger partial charge in [0.05, 0.1) is 12.7 Å². The molecular formula is C39H50N2O5. The summed E-state index contributed by atoms with van der Waals surface area (Å²) in [4.78, 5) is 2.50. The first kappa shape index (κ1) is 34.8. The molecule has 2 atom stereocenters. The number of phenols is 3. The third-order valence-corrected chi connectivity index (χ3v) is 8.49. The summed E-state index contributed by atoms with van der Waals surface area (Å²) in [6.45, 7) is 11.4. The molecule has 0 spiro atoms. The maximum absolute atomic E-state index is 11.0. The van der Waals surface area contributed by atoms with Crippen LogP contribution in [0.5, 0.6) is 23.0 Å². The monoisotopic (exact) mass is 626 g/mol. The summed E-state index contributed by atoms with van der Waals surface area (Å²) < 4.78 is 6.08. The predicted octanol–water partition coefficient (Wildman–Crippen LogP) is 6.93. The molecule has 0 radical (unpaired) electrons. The molecule has 0 heterocycles. The van der Waals surface area contributed by atoms with Crippen LogP contribution in [0.2, 0.25) is 0 Å². The number of nitrogens with one attached hydrogen (secondary N) is 1. The zero-order valence-electron chi connectivity index (χ0n) is 27.6. The van der Waals surface area contributed by atoms with Gasteiger partial charge in [-0.25, -0.2) is 0 Å². The lowest BCUT2D eigenvalue weighted by atomic mass is 9.86. The van der Waals surface area contributed by atoms with Gasteiger partial charge in [-0.1, -0.05) is 54.6 Å². The van der Waals surface area contributed by atoms with E-state index in [2.05, 4.69) is 68.2 Å². The molecule has 0 saturated heterocycles. The molecule has 7 heteroatoms. The molecule has 4 rings (SSSR count). The number of aromatic hydroxyl groups is 3. The number of hydrogen-bond donors (Lipinski definition) is 5. The molecule has 4 aromatic carbocycles. The maximum Gasteiger partial charge on any atom is 0.119 e. The first-order valence-electron chi connectivity index (χ1n) is 16.4. The Morgan fingerprint density at radius 3 is 2.02 bits per heavy atom. The van der Waals surface area contributed by atoms with E-state index in [1.807, 2.05) is 42.5 Å². The van der Waals surface area contributed by atoms with Gasteiger partial charge in [0.25, 0.3) is 0 Å². The van der Waals surface area contributed by atoms with Crippen LogP contribution in [0, 0.1) is 0 Å². The summed E-state index contributed by atoms with van der Waals surface area (Å²) in [5.41, 5.74) is 4.91. The average molecular weight is 627 g/mol. The Morgan fingerprint density at radius 2 is 1.37 bits per heavy atom. The topological polar surface area (TPSA) is 105 Å². The number of aliphatic hydroxyl groups is 1. The van der Waals surface area contributed by atoms with Crippen molar-refractivity contribution in [2.75, 3.05) is 26.2 Å².